The molecule has 1 saturated heterocycles. The summed E-state index contributed by atoms with van der Waals surface area (Å²) in [6.07, 6.45) is 3.05. The first kappa shape index (κ1) is 14.3. The molecule has 2 aromatic carbocycles. The van der Waals surface area contributed by atoms with Crippen molar-refractivity contribution in [2.75, 3.05) is 13.1 Å². The van der Waals surface area contributed by atoms with E-state index in [1.807, 2.05) is 12.3 Å². The van der Waals surface area contributed by atoms with Crippen LogP contribution >= 0.6 is 0 Å². The zero-order valence-electron chi connectivity index (χ0n) is 13.0. The van der Waals surface area contributed by atoms with E-state index < -0.39 is 0 Å². The summed E-state index contributed by atoms with van der Waals surface area (Å²) in [5.41, 5.74) is 2.17. The maximum Gasteiger partial charge on any atom is 0.149 e. The lowest BCUT2D eigenvalue weighted by Gasteiger charge is -2.28. The van der Waals surface area contributed by atoms with Crippen molar-refractivity contribution in [1.29, 1.82) is 0 Å². The van der Waals surface area contributed by atoms with E-state index in [1.54, 1.807) is 0 Å². The Labute approximate surface area is 136 Å². The van der Waals surface area contributed by atoms with Crippen molar-refractivity contribution in [1.82, 2.24) is 4.90 Å². The zero-order valence-corrected chi connectivity index (χ0v) is 13.0. The number of hydrogen-bond acceptors (Lipinski definition) is 4. The van der Waals surface area contributed by atoms with Gasteiger partial charge in [-0.3, -0.25) is 4.90 Å². The molecule has 2 heterocycles. The molecule has 0 saturated carbocycles. The molecule has 4 rings (SSSR count). The van der Waals surface area contributed by atoms with Crippen LogP contribution in [-0.2, 0) is 12.1 Å². The zero-order chi connectivity index (χ0) is 15.5. The van der Waals surface area contributed by atoms with Gasteiger partial charge in [-0.2, -0.15) is 5.11 Å². The Morgan fingerprint density at radius 2 is 1.74 bits per heavy atom. The molecule has 0 bridgehead atoms. The Morgan fingerprint density at radius 3 is 2.43 bits per heavy atom. The van der Waals surface area contributed by atoms with E-state index >= 15 is 0 Å². The molecule has 2 aliphatic heterocycles. The van der Waals surface area contributed by atoms with Gasteiger partial charge in [0.25, 0.3) is 0 Å². The summed E-state index contributed by atoms with van der Waals surface area (Å²) >= 11 is 0. The lowest BCUT2D eigenvalue weighted by atomic mass is 9.79. The number of rotatable bonds is 4. The molecule has 0 aliphatic carbocycles. The first-order valence-corrected chi connectivity index (χ1v) is 8.15. The first-order valence-electron chi connectivity index (χ1n) is 8.15. The molecule has 2 atom stereocenters. The topological polar surface area (TPSA) is 40.3 Å². The van der Waals surface area contributed by atoms with Crippen molar-refractivity contribution in [2.24, 2.45) is 21.4 Å². The average Bonchev–Trinajstić information content (AvgIpc) is 3.27. The minimum atomic E-state index is -0.382. The molecule has 23 heavy (non-hydrogen) atoms. The van der Waals surface area contributed by atoms with E-state index in [-0.39, 0.29) is 5.54 Å². The summed E-state index contributed by atoms with van der Waals surface area (Å²) in [6.45, 7) is 3.11. The standard InChI is InChI=1S/C19H20N4/c1-3-7-16(8-4-1)13-23-12-11-18(14-23)19(15-20-22-21-19)17-9-5-2-6-10-17/h1-10,15,18H,11-14H2. The van der Waals surface area contributed by atoms with Gasteiger partial charge in [-0.25, -0.2) is 0 Å². The van der Waals surface area contributed by atoms with Crippen molar-refractivity contribution in [3.05, 3.63) is 71.8 Å². The lowest BCUT2D eigenvalue weighted by Crippen LogP contribution is -2.35. The third-order valence-corrected chi connectivity index (χ3v) is 4.90. The van der Waals surface area contributed by atoms with Crippen LogP contribution in [0.4, 0.5) is 0 Å². The van der Waals surface area contributed by atoms with Crippen LogP contribution in [0.1, 0.15) is 17.5 Å². The lowest BCUT2D eigenvalue weighted by molar-refractivity contribution is 0.292. The second-order valence-electron chi connectivity index (χ2n) is 6.33. The maximum absolute atomic E-state index is 4.54. The molecule has 1 fully saturated rings. The fraction of sp³-hybridized carbons (Fsp3) is 0.316. The van der Waals surface area contributed by atoms with Crippen molar-refractivity contribution >= 4 is 6.21 Å². The fourth-order valence-electron chi connectivity index (χ4n) is 3.68. The number of hydrogen-bond donors (Lipinski definition) is 0. The Bertz CT molecular complexity index is 697. The monoisotopic (exact) mass is 304 g/mol. The summed E-state index contributed by atoms with van der Waals surface area (Å²) in [6, 6.07) is 21.1. The normalized spacial score (nSPS) is 26.9. The predicted molar refractivity (Wildman–Crippen MR) is 91.3 cm³/mol. The summed E-state index contributed by atoms with van der Waals surface area (Å²) < 4.78 is 0. The number of benzene rings is 2. The Morgan fingerprint density at radius 1 is 1.00 bits per heavy atom. The minimum absolute atomic E-state index is 0.382. The van der Waals surface area contributed by atoms with Gasteiger partial charge in [0.15, 0.2) is 0 Å². The molecule has 2 aromatic rings. The maximum atomic E-state index is 4.54. The first-order chi connectivity index (χ1) is 11.4. The third-order valence-electron chi connectivity index (χ3n) is 4.90. The Hall–Kier alpha value is -2.33. The van der Waals surface area contributed by atoms with E-state index in [0.717, 1.165) is 26.1 Å². The van der Waals surface area contributed by atoms with Gasteiger partial charge in [0, 0.05) is 19.0 Å². The van der Waals surface area contributed by atoms with Crippen molar-refractivity contribution in [3.63, 3.8) is 0 Å². The van der Waals surface area contributed by atoms with E-state index in [2.05, 4.69) is 74.9 Å². The van der Waals surface area contributed by atoms with Gasteiger partial charge in [-0.15, -0.1) is 5.10 Å². The second kappa shape index (κ2) is 6.05. The highest BCUT2D eigenvalue weighted by Crippen LogP contribution is 2.40. The Kier molecular flexibility index (Phi) is 3.75. The van der Waals surface area contributed by atoms with E-state index in [0.29, 0.717) is 5.92 Å². The molecule has 2 unspecified atom stereocenters. The summed E-state index contributed by atoms with van der Waals surface area (Å²) in [4.78, 5) is 2.51. The molecule has 0 spiro atoms. The van der Waals surface area contributed by atoms with Crippen molar-refractivity contribution in [2.45, 2.75) is 18.5 Å². The minimum Gasteiger partial charge on any atom is -0.299 e. The molecule has 0 N–H and O–H groups in total. The third kappa shape index (κ3) is 2.70. The van der Waals surface area contributed by atoms with Gasteiger partial charge in [0.2, 0.25) is 0 Å². The SMILES string of the molecule is C1=NN=NC1(c1ccccc1)C1CCN(Cc2ccccc2)C1. The van der Waals surface area contributed by atoms with Gasteiger partial charge in [-0.05, 0) is 29.3 Å². The highest BCUT2D eigenvalue weighted by atomic mass is 15.4. The van der Waals surface area contributed by atoms with Crippen LogP contribution in [0.15, 0.2) is 76.1 Å². The van der Waals surface area contributed by atoms with Crippen LogP contribution in [0.2, 0.25) is 0 Å². The molecule has 0 radical (unpaired) electrons. The van der Waals surface area contributed by atoms with Gasteiger partial charge in [0.1, 0.15) is 5.54 Å². The van der Waals surface area contributed by atoms with Gasteiger partial charge in [0.05, 0.1) is 6.21 Å². The smallest absolute Gasteiger partial charge is 0.149 e. The van der Waals surface area contributed by atoms with Gasteiger partial charge in [-0.1, -0.05) is 60.7 Å². The van der Waals surface area contributed by atoms with Crippen LogP contribution in [0.25, 0.3) is 0 Å². The fourth-order valence-corrected chi connectivity index (χ4v) is 3.68. The molecule has 116 valence electrons. The van der Waals surface area contributed by atoms with Crippen molar-refractivity contribution in [3.8, 4) is 0 Å². The van der Waals surface area contributed by atoms with Crippen LogP contribution < -0.4 is 0 Å². The second-order valence-corrected chi connectivity index (χ2v) is 6.33. The molecule has 4 nitrogen and oxygen atoms in total. The van der Waals surface area contributed by atoms with Crippen molar-refractivity contribution < 1.29 is 0 Å². The number of nitrogens with zero attached hydrogens (tertiary/aromatic N) is 4. The van der Waals surface area contributed by atoms with Crippen LogP contribution in [0.3, 0.4) is 0 Å². The number of likely N-dealkylation sites (tertiary alicyclic amines) is 1. The molecular weight excluding hydrogens is 284 g/mol. The molecule has 0 amide bonds. The predicted octanol–water partition coefficient (Wildman–Crippen LogP) is 3.86. The van der Waals surface area contributed by atoms with Crippen LogP contribution in [0, 0.1) is 5.92 Å². The van der Waals surface area contributed by atoms with Gasteiger partial charge < -0.3 is 0 Å². The highest BCUT2D eigenvalue weighted by molar-refractivity contribution is 5.75. The van der Waals surface area contributed by atoms with E-state index in [4.69, 9.17) is 0 Å². The van der Waals surface area contributed by atoms with Crippen LogP contribution in [-0.4, -0.2) is 24.2 Å². The van der Waals surface area contributed by atoms with Crippen LogP contribution in [0.5, 0.6) is 0 Å². The van der Waals surface area contributed by atoms with E-state index in [9.17, 15) is 0 Å². The summed E-state index contributed by atoms with van der Waals surface area (Å²) in [5, 5.41) is 12.6. The van der Waals surface area contributed by atoms with Gasteiger partial charge >= 0.3 is 0 Å². The summed E-state index contributed by atoms with van der Waals surface area (Å²) in [5.74, 6) is 0.420. The van der Waals surface area contributed by atoms with E-state index in [1.165, 1.54) is 11.1 Å². The largest absolute Gasteiger partial charge is 0.299 e. The Balaban J connectivity index is 1.54. The quantitative estimate of drug-likeness (QED) is 0.845. The molecule has 0 aromatic heterocycles. The highest BCUT2D eigenvalue weighted by Gasteiger charge is 2.44. The average molecular weight is 304 g/mol. The molecule has 2 aliphatic rings. The molecular formula is C19H20N4. The molecule has 4 heteroatoms. The summed E-state index contributed by atoms with van der Waals surface area (Å²) in [7, 11) is 0.